The average molecular weight is 282 g/mol. The van der Waals surface area contributed by atoms with Crippen LogP contribution in [0.5, 0.6) is 0 Å². The van der Waals surface area contributed by atoms with Gasteiger partial charge in [0.2, 0.25) is 0 Å². The molecule has 114 valence electrons. The van der Waals surface area contributed by atoms with Crippen LogP contribution in [0.1, 0.15) is 45.5 Å². The van der Waals surface area contributed by atoms with Crippen LogP contribution in [0.2, 0.25) is 0 Å². The number of hydrogen-bond donors (Lipinski definition) is 2. The molecule has 0 saturated carbocycles. The lowest BCUT2D eigenvalue weighted by Gasteiger charge is -2.22. The van der Waals surface area contributed by atoms with E-state index in [0.29, 0.717) is 12.2 Å². The van der Waals surface area contributed by atoms with Crippen LogP contribution < -0.4 is 5.32 Å². The lowest BCUT2D eigenvalue weighted by Crippen LogP contribution is -2.37. The van der Waals surface area contributed by atoms with Gasteiger partial charge in [-0.05, 0) is 26.9 Å². The average Bonchev–Trinajstić information content (AvgIpc) is 2.87. The second-order valence-corrected chi connectivity index (χ2v) is 5.07. The minimum Gasteiger partial charge on any atom is -0.480 e. The summed E-state index contributed by atoms with van der Waals surface area (Å²) in [4.78, 5) is 17.8. The molecule has 1 aromatic rings. The first-order valence-corrected chi connectivity index (χ1v) is 7.21. The zero-order chi connectivity index (χ0) is 15.1. The number of carboxylic acid groups (broad SMARTS) is 1. The van der Waals surface area contributed by atoms with Crippen molar-refractivity contribution in [3.63, 3.8) is 0 Å². The van der Waals surface area contributed by atoms with E-state index >= 15 is 0 Å². The Hall–Kier alpha value is -1.40. The fourth-order valence-corrected chi connectivity index (χ4v) is 2.20. The van der Waals surface area contributed by atoms with Crippen molar-refractivity contribution in [2.45, 2.75) is 39.8 Å². The van der Waals surface area contributed by atoms with E-state index in [-0.39, 0.29) is 6.04 Å². The van der Waals surface area contributed by atoms with Crippen LogP contribution in [0.4, 0.5) is 0 Å². The Morgan fingerprint density at radius 1 is 1.45 bits per heavy atom. The van der Waals surface area contributed by atoms with Gasteiger partial charge >= 0.3 is 5.97 Å². The normalized spacial score (nSPS) is 13.1. The maximum atomic E-state index is 11.5. The predicted molar refractivity (Wildman–Crippen MR) is 78.8 cm³/mol. The minimum absolute atomic E-state index is 0.193. The van der Waals surface area contributed by atoms with Crippen molar-refractivity contribution in [3.8, 4) is 0 Å². The summed E-state index contributed by atoms with van der Waals surface area (Å²) < 4.78 is 1.89. The number of aliphatic carboxylic acids is 1. The third-order valence-electron chi connectivity index (χ3n) is 3.47. The lowest BCUT2D eigenvalue weighted by molar-refractivity contribution is -0.139. The van der Waals surface area contributed by atoms with Gasteiger partial charge in [0, 0.05) is 19.1 Å². The molecule has 0 saturated heterocycles. The second-order valence-electron chi connectivity index (χ2n) is 5.07. The SMILES string of the molecule is CCN(CC)CCNC(C(=O)O)c1cncn1C(C)C. The second kappa shape index (κ2) is 8.01. The molecule has 1 aromatic heterocycles. The van der Waals surface area contributed by atoms with Crippen LogP contribution in [0, 0.1) is 0 Å². The van der Waals surface area contributed by atoms with E-state index in [1.54, 1.807) is 12.5 Å². The largest absolute Gasteiger partial charge is 0.480 e. The highest BCUT2D eigenvalue weighted by atomic mass is 16.4. The first kappa shape index (κ1) is 16.7. The molecule has 1 atom stereocenters. The number of imidazole rings is 1. The number of rotatable bonds is 9. The summed E-state index contributed by atoms with van der Waals surface area (Å²) >= 11 is 0. The molecule has 0 aliphatic heterocycles. The number of carbonyl (C=O) groups is 1. The zero-order valence-electron chi connectivity index (χ0n) is 12.8. The quantitative estimate of drug-likeness (QED) is 0.718. The van der Waals surface area contributed by atoms with Crippen LogP contribution in [-0.4, -0.2) is 51.7 Å². The molecule has 0 radical (unpaired) electrons. The highest BCUT2D eigenvalue weighted by molar-refractivity contribution is 5.74. The summed E-state index contributed by atoms with van der Waals surface area (Å²) in [5, 5.41) is 12.5. The molecule has 0 amide bonds. The molecule has 0 bridgehead atoms. The van der Waals surface area contributed by atoms with Gasteiger partial charge in [0.1, 0.15) is 6.04 Å². The van der Waals surface area contributed by atoms with E-state index in [2.05, 4.69) is 29.0 Å². The standard InChI is InChI=1S/C14H26N4O2/c1-5-17(6-2)8-7-16-13(14(19)20)12-9-15-10-18(12)11(3)4/h9-11,13,16H,5-8H2,1-4H3,(H,19,20). The molecular formula is C14H26N4O2. The van der Waals surface area contributed by atoms with Crippen molar-refractivity contribution in [2.24, 2.45) is 0 Å². The van der Waals surface area contributed by atoms with Crippen LogP contribution in [0.15, 0.2) is 12.5 Å². The Morgan fingerprint density at radius 2 is 2.10 bits per heavy atom. The zero-order valence-corrected chi connectivity index (χ0v) is 12.8. The number of nitrogens with zero attached hydrogens (tertiary/aromatic N) is 3. The molecule has 0 aliphatic carbocycles. The maximum absolute atomic E-state index is 11.5. The third-order valence-corrected chi connectivity index (χ3v) is 3.47. The summed E-state index contributed by atoms with van der Waals surface area (Å²) in [5.41, 5.74) is 0.701. The van der Waals surface area contributed by atoms with E-state index in [4.69, 9.17) is 0 Å². The molecule has 20 heavy (non-hydrogen) atoms. The minimum atomic E-state index is -0.869. The molecule has 6 nitrogen and oxygen atoms in total. The third kappa shape index (κ3) is 4.31. The summed E-state index contributed by atoms with van der Waals surface area (Å²) in [6.45, 7) is 11.7. The van der Waals surface area contributed by atoms with Gasteiger partial charge in [-0.3, -0.25) is 10.1 Å². The number of nitrogens with one attached hydrogen (secondary N) is 1. The number of hydrogen-bond acceptors (Lipinski definition) is 4. The van der Waals surface area contributed by atoms with Gasteiger partial charge in [0.25, 0.3) is 0 Å². The maximum Gasteiger partial charge on any atom is 0.326 e. The first-order valence-electron chi connectivity index (χ1n) is 7.21. The monoisotopic (exact) mass is 282 g/mol. The Kier molecular flexibility index (Phi) is 6.67. The predicted octanol–water partition coefficient (Wildman–Crippen LogP) is 1.52. The molecule has 6 heteroatoms. The van der Waals surface area contributed by atoms with Crippen molar-refractivity contribution in [1.29, 1.82) is 0 Å². The molecule has 1 rings (SSSR count). The number of aromatic nitrogens is 2. The smallest absolute Gasteiger partial charge is 0.326 e. The fraction of sp³-hybridized carbons (Fsp3) is 0.714. The molecular weight excluding hydrogens is 256 g/mol. The van der Waals surface area contributed by atoms with E-state index in [1.807, 2.05) is 18.4 Å². The van der Waals surface area contributed by atoms with Crippen molar-refractivity contribution in [1.82, 2.24) is 19.8 Å². The van der Waals surface area contributed by atoms with Gasteiger partial charge in [0.05, 0.1) is 18.2 Å². The van der Waals surface area contributed by atoms with Gasteiger partial charge in [-0.25, -0.2) is 4.98 Å². The van der Waals surface area contributed by atoms with Crippen LogP contribution in [0.3, 0.4) is 0 Å². The molecule has 2 N–H and O–H groups in total. The first-order chi connectivity index (χ1) is 9.51. The van der Waals surface area contributed by atoms with Gasteiger partial charge in [-0.1, -0.05) is 13.8 Å². The summed E-state index contributed by atoms with van der Waals surface area (Å²) in [5.74, 6) is -0.869. The highest BCUT2D eigenvalue weighted by Crippen LogP contribution is 2.17. The number of likely N-dealkylation sites (N-methyl/N-ethyl adjacent to an activating group) is 1. The van der Waals surface area contributed by atoms with Gasteiger partial charge < -0.3 is 14.6 Å². The summed E-state index contributed by atoms with van der Waals surface area (Å²) in [7, 11) is 0. The van der Waals surface area contributed by atoms with E-state index in [9.17, 15) is 9.90 Å². The van der Waals surface area contributed by atoms with E-state index in [0.717, 1.165) is 19.6 Å². The van der Waals surface area contributed by atoms with Crippen molar-refractivity contribution in [3.05, 3.63) is 18.2 Å². The van der Waals surface area contributed by atoms with Crippen molar-refractivity contribution < 1.29 is 9.90 Å². The van der Waals surface area contributed by atoms with E-state index in [1.165, 1.54) is 0 Å². The Labute approximate surface area is 120 Å². The number of carboxylic acids is 1. The van der Waals surface area contributed by atoms with Gasteiger partial charge in [-0.15, -0.1) is 0 Å². The Morgan fingerprint density at radius 3 is 2.60 bits per heavy atom. The molecule has 0 fully saturated rings. The Bertz CT molecular complexity index is 413. The lowest BCUT2D eigenvalue weighted by atomic mass is 10.2. The van der Waals surface area contributed by atoms with Crippen LogP contribution >= 0.6 is 0 Å². The summed E-state index contributed by atoms with van der Waals surface area (Å²) in [6.07, 6.45) is 3.31. The topological polar surface area (TPSA) is 70.4 Å². The molecule has 0 aromatic carbocycles. The summed E-state index contributed by atoms with van der Waals surface area (Å²) in [6, 6.07) is -0.519. The van der Waals surface area contributed by atoms with Gasteiger partial charge in [-0.2, -0.15) is 0 Å². The molecule has 1 heterocycles. The van der Waals surface area contributed by atoms with Gasteiger partial charge in [0.15, 0.2) is 0 Å². The van der Waals surface area contributed by atoms with Crippen LogP contribution in [-0.2, 0) is 4.79 Å². The van der Waals surface area contributed by atoms with E-state index < -0.39 is 12.0 Å². The molecule has 0 spiro atoms. The molecule has 1 unspecified atom stereocenters. The Balaban J connectivity index is 2.70. The van der Waals surface area contributed by atoms with Crippen molar-refractivity contribution >= 4 is 5.97 Å². The van der Waals surface area contributed by atoms with Crippen molar-refractivity contribution in [2.75, 3.05) is 26.2 Å². The molecule has 0 aliphatic rings. The highest BCUT2D eigenvalue weighted by Gasteiger charge is 2.23. The van der Waals surface area contributed by atoms with Crippen LogP contribution in [0.25, 0.3) is 0 Å². The fourth-order valence-electron chi connectivity index (χ4n) is 2.20.